The number of sulfonamides is 1. The van der Waals surface area contributed by atoms with Gasteiger partial charge in [-0.3, -0.25) is 4.55 Å². The maximum atomic E-state index is 11.3. The number of nitrogens with one attached hydrogen (secondary N) is 1. The maximum absolute atomic E-state index is 11.3. The molecule has 1 rings (SSSR count). The summed E-state index contributed by atoms with van der Waals surface area (Å²) in [6, 6.07) is 4.43. The van der Waals surface area contributed by atoms with E-state index in [0.717, 1.165) is 12.1 Å². The molecule has 6 nitrogen and oxygen atoms in total. The molecular weight excluding hydrogens is 242 g/mol. The summed E-state index contributed by atoms with van der Waals surface area (Å²) in [6.07, 6.45) is 0. The van der Waals surface area contributed by atoms with E-state index >= 15 is 0 Å². The highest BCUT2D eigenvalue weighted by atomic mass is 32.2. The predicted molar refractivity (Wildman–Crippen MR) is 52.5 cm³/mol. The zero-order valence-corrected chi connectivity index (χ0v) is 9.34. The molecule has 0 heterocycles. The minimum atomic E-state index is -4.39. The Morgan fingerprint density at radius 1 is 1.13 bits per heavy atom. The molecule has 0 aliphatic carbocycles. The maximum Gasteiger partial charge on any atom is 0.294 e. The highest BCUT2D eigenvalue weighted by Crippen LogP contribution is 2.14. The Labute approximate surface area is 87.7 Å². The summed E-state index contributed by atoms with van der Waals surface area (Å²) in [7, 11) is -6.89. The van der Waals surface area contributed by atoms with Gasteiger partial charge in [-0.05, 0) is 25.2 Å². The zero-order valence-electron chi connectivity index (χ0n) is 7.71. The van der Waals surface area contributed by atoms with Crippen molar-refractivity contribution >= 4 is 20.1 Å². The molecule has 0 amide bonds. The summed E-state index contributed by atoms with van der Waals surface area (Å²) in [5, 5.41) is 0. The molecule has 8 heteroatoms. The normalized spacial score (nSPS) is 12.7. The van der Waals surface area contributed by atoms with Crippen LogP contribution in [0.5, 0.6) is 0 Å². The molecule has 0 aromatic heterocycles. The van der Waals surface area contributed by atoms with Gasteiger partial charge in [-0.2, -0.15) is 8.42 Å². The van der Waals surface area contributed by atoms with Crippen molar-refractivity contribution in [3.8, 4) is 0 Å². The molecule has 0 spiro atoms. The molecule has 0 radical (unpaired) electrons. The molecular formula is C7H9NO5S2. The lowest BCUT2D eigenvalue weighted by atomic mass is 10.4. The van der Waals surface area contributed by atoms with E-state index in [4.69, 9.17) is 4.55 Å². The van der Waals surface area contributed by atoms with Crippen LogP contribution >= 0.6 is 0 Å². The van der Waals surface area contributed by atoms with Gasteiger partial charge in [0.25, 0.3) is 10.1 Å². The molecule has 0 aliphatic rings. The van der Waals surface area contributed by atoms with Gasteiger partial charge in [0.2, 0.25) is 10.0 Å². The summed E-state index contributed by atoms with van der Waals surface area (Å²) in [6.45, 7) is 0. The second-order valence-corrected chi connectivity index (χ2v) is 5.97. The van der Waals surface area contributed by atoms with E-state index in [0.29, 0.717) is 0 Å². The van der Waals surface area contributed by atoms with E-state index in [9.17, 15) is 16.8 Å². The van der Waals surface area contributed by atoms with Gasteiger partial charge in [-0.1, -0.05) is 6.07 Å². The van der Waals surface area contributed by atoms with Crippen LogP contribution in [0.2, 0.25) is 0 Å². The minimum absolute atomic E-state index is 0.222. The van der Waals surface area contributed by atoms with Crippen LogP contribution in [0.25, 0.3) is 0 Å². The first kappa shape index (κ1) is 12.1. The average Bonchev–Trinajstić information content (AvgIpc) is 2.17. The molecule has 15 heavy (non-hydrogen) atoms. The van der Waals surface area contributed by atoms with Crippen LogP contribution in [0, 0.1) is 0 Å². The SMILES string of the molecule is CNS(=O)(=O)c1cccc(S(=O)(=O)O)c1. The second kappa shape index (κ2) is 3.89. The van der Waals surface area contributed by atoms with Crippen LogP contribution in [0.3, 0.4) is 0 Å². The van der Waals surface area contributed by atoms with Gasteiger partial charge in [0.1, 0.15) is 0 Å². The monoisotopic (exact) mass is 251 g/mol. The lowest BCUT2D eigenvalue weighted by Crippen LogP contribution is -2.18. The molecule has 0 fully saturated rings. The Morgan fingerprint density at radius 2 is 1.67 bits per heavy atom. The van der Waals surface area contributed by atoms with Gasteiger partial charge >= 0.3 is 0 Å². The molecule has 0 saturated heterocycles. The number of hydrogen-bond donors (Lipinski definition) is 2. The molecule has 2 N–H and O–H groups in total. The van der Waals surface area contributed by atoms with Crippen molar-refractivity contribution in [3.63, 3.8) is 0 Å². The molecule has 1 aromatic rings. The zero-order chi connectivity index (χ0) is 11.7. The second-order valence-electron chi connectivity index (χ2n) is 2.66. The van der Waals surface area contributed by atoms with Crippen LogP contribution < -0.4 is 4.72 Å². The highest BCUT2D eigenvalue weighted by molar-refractivity contribution is 7.89. The molecule has 0 saturated carbocycles. The molecule has 0 unspecified atom stereocenters. The van der Waals surface area contributed by atoms with Crippen molar-refractivity contribution in [2.24, 2.45) is 0 Å². The minimum Gasteiger partial charge on any atom is -0.282 e. The summed E-state index contributed by atoms with van der Waals surface area (Å²) in [5.74, 6) is 0. The number of rotatable bonds is 3. The first-order valence-electron chi connectivity index (χ1n) is 3.78. The molecule has 84 valence electrons. The predicted octanol–water partition coefficient (Wildman–Crippen LogP) is -0.159. The van der Waals surface area contributed by atoms with Crippen molar-refractivity contribution in [1.29, 1.82) is 0 Å². The Kier molecular flexibility index (Phi) is 3.14. The fourth-order valence-electron chi connectivity index (χ4n) is 0.920. The van der Waals surface area contributed by atoms with Gasteiger partial charge in [0.15, 0.2) is 0 Å². The van der Waals surface area contributed by atoms with Crippen molar-refractivity contribution in [2.75, 3.05) is 7.05 Å². The van der Waals surface area contributed by atoms with Crippen LogP contribution in [0.15, 0.2) is 34.1 Å². The lowest BCUT2D eigenvalue weighted by Gasteiger charge is -2.03. The quantitative estimate of drug-likeness (QED) is 0.727. The fourth-order valence-corrected chi connectivity index (χ4v) is 2.30. The average molecular weight is 251 g/mol. The lowest BCUT2D eigenvalue weighted by molar-refractivity contribution is 0.483. The standard InChI is InChI=1S/C7H9NO5S2/c1-8-14(9,10)6-3-2-4-7(5-6)15(11,12)13/h2-5,8H,1H3,(H,11,12,13). The topological polar surface area (TPSA) is 101 Å². The summed E-state index contributed by atoms with van der Waals surface area (Å²) < 4.78 is 54.8. The van der Waals surface area contributed by atoms with E-state index < -0.39 is 25.0 Å². The third kappa shape index (κ3) is 2.75. The Balaban J connectivity index is 3.39. The first-order valence-corrected chi connectivity index (χ1v) is 6.71. The first-order chi connectivity index (χ1) is 6.77. The van der Waals surface area contributed by atoms with Crippen LogP contribution in [0.4, 0.5) is 0 Å². The van der Waals surface area contributed by atoms with E-state index in [1.165, 1.54) is 19.2 Å². The number of hydrogen-bond acceptors (Lipinski definition) is 4. The van der Waals surface area contributed by atoms with Crippen LogP contribution in [0.1, 0.15) is 0 Å². The van der Waals surface area contributed by atoms with Crippen LogP contribution in [-0.2, 0) is 20.1 Å². The Hall–Kier alpha value is -0.960. The molecule has 0 bridgehead atoms. The van der Waals surface area contributed by atoms with Gasteiger partial charge in [-0.15, -0.1) is 0 Å². The largest absolute Gasteiger partial charge is 0.294 e. The van der Waals surface area contributed by atoms with E-state index in [1.54, 1.807) is 0 Å². The summed E-state index contributed by atoms with van der Waals surface area (Å²) in [4.78, 5) is -0.682. The highest BCUT2D eigenvalue weighted by Gasteiger charge is 2.15. The molecule has 1 aromatic carbocycles. The smallest absolute Gasteiger partial charge is 0.282 e. The Bertz CT molecular complexity index is 561. The van der Waals surface area contributed by atoms with Gasteiger partial charge in [-0.25, -0.2) is 13.1 Å². The van der Waals surface area contributed by atoms with Crippen molar-refractivity contribution in [1.82, 2.24) is 4.72 Å². The third-order valence-electron chi connectivity index (χ3n) is 1.68. The summed E-state index contributed by atoms with van der Waals surface area (Å²) in [5.41, 5.74) is 0. The van der Waals surface area contributed by atoms with Gasteiger partial charge in [0, 0.05) is 0 Å². The Morgan fingerprint density at radius 3 is 2.13 bits per heavy atom. The van der Waals surface area contributed by atoms with E-state index in [-0.39, 0.29) is 4.90 Å². The van der Waals surface area contributed by atoms with E-state index in [2.05, 4.69) is 0 Å². The third-order valence-corrected chi connectivity index (χ3v) is 3.94. The van der Waals surface area contributed by atoms with Crippen LogP contribution in [-0.4, -0.2) is 28.4 Å². The molecule has 0 aliphatic heterocycles. The fraction of sp³-hybridized carbons (Fsp3) is 0.143. The molecule has 0 atom stereocenters. The summed E-state index contributed by atoms with van der Waals surface area (Å²) >= 11 is 0. The number of benzene rings is 1. The van der Waals surface area contributed by atoms with Crippen molar-refractivity contribution in [3.05, 3.63) is 24.3 Å². The van der Waals surface area contributed by atoms with E-state index in [1.807, 2.05) is 4.72 Å². The van der Waals surface area contributed by atoms with Gasteiger partial charge < -0.3 is 0 Å². The van der Waals surface area contributed by atoms with Gasteiger partial charge in [0.05, 0.1) is 9.79 Å². The van der Waals surface area contributed by atoms with Crippen molar-refractivity contribution in [2.45, 2.75) is 9.79 Å². The van der Waals surface area contributed by atoms with Crippen molar-refractivity contribution < 1.29 is 21.4 Å².